The van der Waals surface area contributed by atoms with Crippen LogP contribution in [-0.4, -0.2) is 49.5 Å². The van der Waals surface area contributed by atoms with E-state index in [1.54, 1.807) is 24.4 Å². The van der Waals surface area contributed by atoms with Gasteiger partial charge >= 0.3 is 0 Å². The number of rotatable bonds is 7. The van der Waals surface area contributed by atoms with E-state index in [9.17, 15) is 18.0 Å². The standard InChI is InChI=1S/C24H25N3O5S/c28-23(22-7-4-12-26(24(22)29)18-20-5-2-1-3-6-20)25-17-19-8-10-21(11-9-19)33(30,31)27-13-15-32-16-14-27/h1-12H,13-18H2,(H,25,28). The van der Waals surface area contributed by atoms with Crippen LogP contribution in [0.2, 0.25) is 0 Å². The summed E-state index contributed by atoms with van der Waals surface area (Å²) in [5.74, 6) is -0.479. The van der Waals surface area contributed by atoms with Crippen molar-refractivity contribution in [3.05, 3.63) is 100.0 Å². The molecule has 4 rings (SSSR count). The molecular formula is C24H25N3O5S. The third kappa shape index (κ3) is 5.39. The van der Waals surface area contributed by atoms with Crippen molar-refractivity contribution in [2.45, 2.75) is 18.0 Å². The molecule has 0 atom stereocenters. The molecule has 0 spiro atoms. The largest absolute Gasteiger partial charge is 0.379 e. The number of carbonyl (C=O) groups is 1. The van der Waals surface area contributed by atoms with E-state index in [-0.39, 0.29) is 22.6 Å². The molecule has 9 heteroatoms. The van der Waals surface area contributed by atoms with Crippen LogP contribution in [0.4, 0.5) is 0 Å². The Balaban J connectivity index is 1.41. The third-order valence-corrected chi connectivity index (χ3v) is 7.36. The van der Waals surface area contributed by atoms with E-state index in [0.29, 0.717) is 32.8 Å². The van der Waals surface area contributed by atoms with E-state index in [1.807, 2.05) is 30.3 Å². The van der Waals surface area contributed by atoms with Crippen LogP contribution in [0.15, 0.2) is 82.6 Å². The van der Waals surface area contributed by atoms with Gasteiger partial charge in [0.2, 0.25) is 10.0 Å². The molecule has 1 aliphatic heterocycles. The van der Waals surface area contributed by atoms with E-state index in [4.69, 9.17) is 4.74 Å². The number of hydrogen-bond acceptors (Lipinski definition) is 5. The normalized spacial score (nSPS) is 14.7. The second kappa shape index (κ2) is 10.1. The number of nitrogens with one attached hydrogen (secondary N) is 1. The monoisotopic (exact) mass is 467 g/mol. The lowest BCUT2D eigenvalue weighted by Crippen LogP contribution is -2.40. The van der Waals surface area contributed by atoms with Crippen LogP contribution in [0.25, 0.3) is 0 Å². The fraction of sp³-hybridized carbons (Fsp3) is 0.250. The number of nitrogens with zero attached hydrogens (tertiary/aromatic N) is 2. The Hall–Kier alpha value is -3.27. The van der Waals surface area contributed by atoms with Gasteiger partial charge in [-0.25, -0.2) is 8.42 Å². The first kappa shape index (κ1) is 22.9. The van der Waals surface area contributed by atoms with E-state index < -0.39 is 15.9 Å². The van der Waals surface area contributed by atoms with Gasteiger partial charge in [0.05, 0.1) is 24.7 Å². The number of sulfonamides is 1. The number of aromatic nitrogens is 1. The predicted molar refractivity (Wildman–Crippen MR) is 123 cm³/mol. The van der Waals surface area contributed by atoms with Crippen molar-refractivity contribution in [2.24, 2.45) is 0 Å². The Morgan fingerprint density at radius 3 is 2.30 bits per heavy atom. The van der Waals surface area contributed by atoms with Gasteiger partial charge in [-0.05, 0) is 35.4 Å². The van der Waals surface area contributed by atoms with Crippen LogP contribution in [0.1, 0.15) is 21.5 Å². The molecule has 0 bridgehead atoms. The number of benzene rings is 2. The van der Waals surface area contributed by atoms with Gasteiger partial charge in [-0.15, -0.1) is 0 Å². The average molecular weight is 468 g/mol. The second-order valence-corrected chi connectivity index (χ2v) is 9.62. The van der Waals surface area contributed by atoms with Crippen molar-refractivity contribution in [2.75, 3.05) is 26.3 Å². The summed E-state index contributed by atoms with van der Waals surface area (Å²) in [6.45, 7) is 1.98. The molecule has 0 radical (unpaired) electrons. The molecule has 0 saturated carbocycles. The van der Waals surface area contributed by atoms with Gasteiger partial charge in [-0.3, -0.25) is 9.59 Å². The van der Waals surface area contributed by atoms with E-state index in [1.165, 1.54) is 27.1 Å². The smallest absolute Gasteiger partial charge is 0.263 e. The summed E-state index contributed by atoms with van der Waals surface area (Å²) in [6.07, 6.45) is 1.65. The number of carbonyl (C=O) groups excluding carboxylic acids is 1. The summed E-state index contributed by atoms with van der Waals surface area (Å²) < 4.78 is 33.5. The quantitative estimate of drug-likeness (QED) is 0.572. The number of ether oxygens (including phenoxy) is 1. The zero-order chi connectivity index (χ0) is 23.3. The zero-order valence-electron chi connectivity index (χ0n) is 18.0. The number of hydrogen-bond donors (Lipinski definition) is 1. The molecular weight excluding hydrogens is 442 g/mol. The molecule has 3 aromatic rings. The van der Waals surface area contributed by atoms with Crippen LogP contribution >= 0.6 is 0 Å². The SMILES string of the molecule is O=C(NCc1ccc(S(=O)(=O)N2CCOCC2)cc1)c1cccn(Cc2ccccc2)c1=O. The lowest BCUT2D eigenvalue weighted by Gasteiger charge is -2.26. The molecule has 1 N–H and O–H groups in total. The lowest BCUT2D eigenvalue weighted by molar-refractivity contribution is 0.0730. The molecule has 2 aromatic carbocycles. The van der Waals surface area contributed by atoms with Crippen LogP contribution in [-0.2, 0) is 27.8 Å². The summed E-state index contributed by atoms with van der Waals surface area (Å²) in [4.78, 5) is 25.6. The minimum absolute atomic E-state index is 0.0555. The molecule has 8 nitrogen and oxygen atoms in total. The van der Waals surface area contributed by atoms with Crippen LogP contribution in [0, 0.1) is 0 Å². The summed E-state index contributed by atoms with van der Waals surface area (Å²) in [5.41, 5.74) is 1.37. The first-order chi connectivity index (χ1) is 15.9. The number of morpholine rings is 1. The summed E-state index contributed by atoms with van der Waals surface area (Å²) >= 11 is 0. The van der Waals surface area contributed by atoms with E-state index in [0.717, 1.165) is 11.1 Å². The Labute approximate surface area is 192 Å². The average Bonchev–Trinajstić information content (AvgIpc) is 2.85. The van der Waals surface area contributed by atoms with Crippen molar-refractivity contribution in [3.8, 4) is 0 Å². The van der Waals surface area contributed by atoms with Gasteiger partial charge in [-0.1, -0.05) is 42.5 Å². The van der Waals surface area contributed by atoms with Crippen molar-refractivity contribution < 1.29 is 17.9 Å². The predicted octanol–water partition coefficient (Wildman–Crippen LogP) is 1.85. The molecule has 1 aromatic heterocycles. The van der Waals surface area contributed by atoms with Crippen molar-refractivity contribution >= 4 is 15.9 Å². The Kier molecular flexibility index (Phi) is 7.02. The molecule has 1 aliphatic rings. The summed E-state index contributed by atoms with van der Waals surface area (Å²) in [7, 11) is -3.57. The van der Waals surface area contributed by atoms with Gasteiger partial charge in [-0.2, -0.15) is 4.31 Å². The zero-order valence-corrected chi connectivity index (χ0v) is 18.8. The highest BCUT2D eigenvalue weighted by molar-refractivity contribution is 7.89. The molecule has 1 saturated heterocycles. The first-order valence-corrected chi connectivity index (χ1v) is 12.1. The number of amides is 1. The van der Waals surface area contributed by atoms with Gasteiger partial charge in [0, 0.05) is 25.8 Å². The highest BCUT2D eigenvalue weighted by atomic mass is 32.2. The van der Waals surface area contributed by atoms with Gasteiger partial charge in [0.25, 0.3) is 11.5 Å². The molecule has 33 heavy (non-hydrogen) atoms. The summed E-state index contributed by atoms with van der Waals surface area (Å²) in [6, 6.07) is 19.1. The van der Waals surface area contributed by atoms with Crippen molar-refractivity contribution in [1.82, 2.24) is 14.2 Å². The molecule has 1 amide bonds. The van der Waals surface area contributed by atoms with Crippen LogP contribution in [0.3, 0.4) is 0 Å². The van der Waals surface area contributed by atoms with Crippen molar-refractivity contribution in [3.63, 3.8) is 0 Å². The topological polar surface area (TPSA) is 97.7 Å². The van der Waals surface area contributed by atoms with E-state index >= 15 is 0 Å². The highest BCUT2D eigenvalue weighted by Gasteiger charge is 2.26. The second-order valence-electron chi connectivity index (χ2n) is 7.68. The maximum absolute atomic E-state index is 12.8. The number of pyridine rings is 1. The van der Waals surface area contributed by atoms with E-state index in [2.05, 4.69) is 5.32 Å². The van der Waals surface area contributed by atoms with Crippen molar-refractivity contribution in [1.29, 1.82) is 0 Å². The Bertz CT molecular complexity index is 1270. The third-order valence-electron chi connectivity index (χ3n) is 5.44. The van der Waals surface area contributed by atoms with Crippen LogP contribution < -0.4 is 10.9 Å². The maximum Gasteiger partial charge on any atom is 0.263 e. The Morgan fingerprint density at radius 1 is 0.909 bits per heavy atom. The summed E-state index contributed by atoms with van der Waals surface area (Å²) in [5, 5.41) is 2.74. The van der Waals surface area contributed by atoms with Gasteiger partial charge < -0.3 is 14.6 Å². The molecule has 172 valence electrons. The fourth-order valence-electron chi connectivity index (χ4n) is 3.61. The fourth-order valence-corrected chi connectivity index (χ4v) is 5.02. The first-order valence-electron chi connectivity index (χ1n) is 10.6. The maximum atomic E-state index is 12.8. The highest BCUT2D eigenvalue weighted by Crippen LogP contribution is 2.17. The van der Waals surface area contributed by atoms with Gasteiger partial charge in [0.1, 0.15) is 5.56 Å². The molecule has 0 unspecified atom stereocenters. The molecule has 1 fully saturated rings. The molecule has 0 aliphatic carbocycles. The van der Waals surface area contributed by atoms with Crippen LogP contribution in [0.5, 0.6) is 0 Å². The molecule has 2 heterocycles. The Morgan fingerprint density at radius 2 is 1.61 bits per heavy atom. The minimum atomic E-state index is -3.57. The van der Waals surface area contributed by atoms with Gasteiger partial charge in [0.15, 0.2) is 0 Å². The minimum Gasteiger partial charge on any atom is -0.379 e. The lowest BCUT2D eigenvalue weighted by atomic mass is 10.2.